The first kappa shape index (κ1) is 14.1. The fourth-order valence-electron chi connectivity index (χ4n) is 1.74. The van der Waals surface area contributed by atoms with Gasteiger partial charge in [0.1, 0.15) is 23.7 Å². The second kappa shape index (κ2) is 6.21. The lowest BCUT2D eigenvalue weighted by molar-refractivity contribution is 0.0592. The van der Waals surface area contributed by atoms with Crippen molar-refractivity contribution in [3.8, 4) is 17.2 Å². The Morgan fingerprint density at radius 3 is 2.65 bits per heavy atom. The van der Waals surface area contributed by atoms with Crippen LogP contribution in [0.5, 0.6) is 5.88 Å². The number of aromatic nitrogens is 1. The Balaban J connectivity index is 2.38. The van der Waals surface area contributed by atoms with Gasteiger partial charge in [-0.25, -0.2) is 9.78 Å². The number of carbonyl (C=O) groups excluding carboxylic acids is 1. The molecule has 2 aromatic rings. The summed E-state index contributed by atoms with van der Waals surface area (Å²) in [4.78, 5) is 15.8. The lowest BCUT2D eigenvalue weighted by Crippen LogP contribution is -2.03. The fraction of sp³-hybridized carbons (Fsp3) is 0.286. The molecule has 0 aliphatic heterocycles. The Hall–Kier alpha value is -2.34. The molecule has 0 saturated heterocycles. The van der Waals surface area contributed by atoms with Crippen molar-refractivity contribution in [1.82, 2.24) is 4.98 Å². The van der Waals surface area contributed by atoms with E-state index in [1.807, 2.05) is 0 Å². The minimum atomic E-state index is -0.464. The standard InChI is InChI=1S/C14H15NO5/c1-17-8-12-10(14(16)19-3)6-11(20-12)9-4-5-13(18-2)15-7-9/h4-7H,8H2,1-3H3. The molecule has 0 aromatic carbocycles. The number of methoxy groups -OCH3 is 3. The normalized spacial score (nSPS) is 10.3. The molecule has 0 aliphatic carbocycles. The van der Waals surface area contributed by atoms with Gasteiger partial charge >= 0.3 is 5.97 Å². The maximum atomic E-state index is 11.7. The van der Waals surface area contributed by atoms with Crippen LogP contribution in [0.2, 0.25) is 0 Å². The number of ether oxygens (including phenoxy) is 3. The predicted molar refractivity (Wildman–Crippen MR) is 70.5 cm³/mol. The van der Waals surface area contributed by atoms with Crippen molar-refractivity contribution in [3.05, 3.63) is 35.7 Å². The molecular weight excluding hydrogens is 262 g/mol. The zero-order valence-corrected chi connectivity index (χ0v) is 11.5. The fourth-order valence-corrected chi connectivity index (χ4v) is 1.74. The van der Waals surface area contributed by atoms with E-state index in [4.69, 9.17) is 18.6 Å². The maximum Gasteiger partial charge on any atom is 0.341 e. The molecule has 0 atom stereocenters. The molecule has 6 nitrogen and oxygen atoms in total. The van der Waals surface area contributed by atoms with Crippen LogP contribution in [-0.4, -0.2) is 32.3 Å². The molecule has 0 N–H and O–H groups in total. The highest BCUT2D eigenvalue weighted by molar-refractivity contribution is 5.91. The van der Waals surface area contributed by atoms with Gasteiger partial charge in [0.05, 0.1) is 14.2 Å². The van der Waals surface area contributed by atoms with Gasteiger partial charge < -0.3 is 18.6 Å². The highest BCUT2D eigenvalue weighted by Crippen LogP contribution is 2.27. The number of hydrogen-bond donors (Lipinski definition) is 0. The molecule has 2 heterocycles. The Labute approximate surface area is 116 Å². The minimum absolute atomic E-state index is 0.189. The zero-order chi connectivity index (χ0) is 14.5. The molecule has 0 bridgehead atoms. The van der Waals surface area contributed by atoms with Crippen LogP contribution in [0.15, 0.2) is 28.8 Å². The Kier molecular flexibility index (Phi) is 4.37. The monoisotopic (exact) mass is 277 g/mol. The zero-order valence-electron chi connectivity index (χ0n) is 11.5. The predicted octanol–water partition coefficient (Wildman–Crippen LogP) is 2.28. The van der Waals surface area contributed by atoms with Gasteiger partial charge in [-0.2, -0.15) is 0 Å². The van der Waals surface area contributed by atoms with Crippen molar-refractivity contribution in [2.45, 2.75) is 6.61 Å². The molecule has 20 heavy (non-hydrogen) atoms. The summed E-state index contributed by atoms with van der Waals surface area (Å²) in [6.45, 7) is 0.189. The molecule has 0 fully saturated rings. The van der Waals surface area contributed by atoms with Gasteiger partial charge in [-0.3, -0.25) is 0 Å². The van der Waals surface area contributed by atoms with Crippen LogP contribution in [0, 0.1) is 0 Å². The molecule has 6 heteroatoms. The topological polar surface area (TPSA) is 70.8 Å². The van der Waals surface area contributed by atoms with Crippen molar-refractivity contribution >= 4 is 5.97 Å². The van der Waals surface area contributed by atoms with Crippen molar-refractivity contribution < 1.29 is 23.4 Å². The molecule has 2 aromatic heterocycles. The van der Waals surface area contributed by atoms with Gasteiger partial charge in [-0.05, 0) is 12.1 Å². The van der Waals surface area contributed by atoms with Crippen molar-refractivity contribution in [1.29, 1.82) is 0 Å². The summed E-state index contributed by atoms with van der Waals surface area (Å²) >= 11 is 0. The number of pyridine rings is 1. The van der Waals surface area contributed by atoms with Crippen LogP contribution in [0.1, 0.15) is 16.1 Å². The van der Waals surface area contributed by atoms with E-state index in [2.05, 4.69) is 4.98 Å². The van der Waals surface area contributed by atoms with E-state index >= 15 is 0 Å². The molecule has 0 unspecified atom stereocenters. The molecule has 106 valence electrons. The largest absolute Gasteiger partial charge is 0.481 e. The van der Waals surface area contributed by atoms with Crippen LogP contribution in [-0.2, 0) is 16.1 Å². The van der Waals surface area contributed by atoms with Crippen LogP contribution < -0.4 is 4.74 Å². The number of hydrogen-bond acceptors (Lipinski definition) is 6. The third kappa shape index (κ3) is 2.80. The van der Waals surface area contributed by atoms with Crippen LogP contribution in [0.4, 0.5) is 0 Å². The van der Waals surface area contributed by atoms with Gasteiger partial charge in [0.25, 0.3) is 0 Å². The lowest BCUT2D eigenvalue weighted by Gasteiger charge is -2.00. The van der Waals surface area contributed by atoms with Gasteiger partial charge in [0, 0.05) is 24.9 Å². The molecular formula is C14H15NO5. The summed E-state index contributed by atoms with van der Waals surface area (Å²) < 4.78 is 20.4. The highest BCUT2D eigenvalue weighted by Gasteiger charge is 2.19. The number of nitrogens with zero attached hydrogens (tertiary/aromatic N) is 1. The molecule has 0 saturated carbocycles. The summed E-state index contributed by atoms with van der Waals surface area (Å²) in [5, 5.41) is 0. The van der Waals surface area contributed by atoms with E-state index in [0.29, 0.717) is 23.0 Å². The first-order chi connectivity index (χ1) is 9.69. The summed E-state index contributed by atoms with van der Waals surface area (Å²) in [6, 6.07) is 5.12. The van der Waals surface area contributed by atoms with E-state index < -0.39 is 5.97 Å². The van der Waals surface area contributed by atoms with Gasteiger partial charge in [0.15, 0.2) is 0 Å². The first-order valence-electron chi connectivity index (χ1n) is 5.90. The van der Waals surface area contributed by atoms with Crippen LogP contribution in [0.3, 0.4) is 0 Å². The number of carbonyl (C=O) groups is 1. The Bertz CT molecular complexity index is 588. The van der Waals surface area contributed by atoms with Crippen molar-refractivity contribution in [2.24, 2.45) is 0 Å². The van der Waals surface area contributed by atoms with E-state index in [9.17, 15) is 4.79 Å². The van der Waals surface area contributed by atoms with E-state index in [1.54, 1.807) is 31.5 Å². The van der Waals surface area contributed by atoms with Crippen LogP contribution >= 0.6 is 0 Å². The summed E-state index contributed by atoms with van der Waals surface area (Å²) in [7, 11) is 4.39. The second-order valence-corrected chi connectivity index (χ2v) is 3.96. The Morgan fingerprint density at radius 1 is 1.30 bits per heavy atom. The third-order valence-electron chi connectivity index (χ3n) is 2.72. The van der Waals surface area contributed by atoms with Gasteiger partial charge in [-0.15, -0.1) is 0 Å². The molecule has 2 rings (SSSR count). The average molecular weight is 277 g/mol. The van der Waals surface area contributed by atoms with E-state index in [-0.39, 0.29) is 6.61 Å². The molecule has 0 spiro atoms. The minimum Gasteiger partial charge on any atom is -0.481 e. The Morgan fingerprint density at radius 2 is 2.10 bits per heavy atom. The lowest BCUT2D eigenvalue weighted by atomic mass is 10.2. The second-order valence-electron chi connectivity index (χ2n) is 3.96. The summed E-state index contributed by atoms with van der Waals surface area (Å²) in [5.41, 5.74) is 1.08. The van der Waals surface area contributed by atoms with Crippen molar-refractivity contribution in [3.63, 3.8) is 0 Å². The molecule has 0 amide bonds. The summed E-state index contributed by atoms with van der Waals surface area (Å²) in [5.74, 6) is 0.983. The maximum absolute atomic E-state index is 11.7. The van der Waals surface area contributed by atoms with Gasteiger partial charge in [0.2, 0.25) is 5.88 Å². The molecule has 0 aliphatic rings. The smallest absolute Gasteiger partial charge is 0.341 e. The van der Waals surface area contributed by atoms with E-state index in [1.165, 1.54) is 14.2 Å². The van der Waals surface area contributed by atoms with Crippen LogP contribution in [0.25, 0.3) is 11.3 Å². The first-order valence-corrected chi connectivity index (χ1v) is 5.90. The number of rotatable bonds is 5. The SMILES string of the molecule is COCc1oc(-c2ccc(OC)nc2)cc1C(=O)OC. The summed E-state index contributed by atoms with van der Waals surface area (Å²) in [6.07, 6.45) is 1.61. The number of esters is 1. The van der Waals surface area contributed by atoms with E-state index in [0.717, 1.165) is 5.56 Å². The third-order valence-corrected chi connectivity index (χ3v) is 2.72. The average Bonchev–Trinajstić information content (AvgIpc) is 2.91. The highest BCUT2D eigenvalue weighted by atomic mass is 16.5. The quantitative estimate of drug-likeness (QED) is 0.781. The number of furan rings is 1. The van der Waals surface area contributed by atoms with Gasteiger partial charge in [-0.1, -0.05) is 0 Å². The van der Waals surface area contributed by atoms with Crippen molar-refractivity contribution in [2.75, 3.05) is 21.3 Å². The molecule has 0 radical (unpaired) electrons.